The molecule has 0 radical (unpaired) electrons. The van der Waals surface area contributed by atoms with Gasteiger partial charge in [0.15, 0.2) is 0 Å². The number of hydroxylamine groups is 1. The van der Waals surface area contributed by atoms with E-state index in [2.05, 4.69) is 10.8 Å². The monoisotopic (exact) mass is 202 g/mol. The summed E-state index contributed by atoms with van der Waals surface area (Å²) in [7, 11) is 0. The third-order valence-corrected chi connectivity index (χ3v) is 1.77. The van der Waals surface area contributed by atoms with Crippen LogP contribution in [-0.2, 0) is 9.63 Å². The lowest BCUT2D eigenvalue weighted by Gasteiger charge is -2.24. The summed E-state index contributed by atoms with van der Waals surface area (Å²) < 4.78 is 0. The minimum atomic E-state index is -0.578. The summed E-state index contributed by atoms with van der Waals surface area (Å²) in [5, 5.41) is 3.07. The molecule has 0 saturated carbocycles. The molecule has 4 heteroatoms. The van der Waals surface area contributed by atoms with Gasteiger partial charge in [-0.2, -0.15) is 0 Å². The average Bonchev–Trinajstić information content (AvgIpc) is 2.03. The van der Waals surface area contributed by atoms with E-state index in [1.807, 2.05) is 34.6 Å². The van der Waals surface area contributed by atoms with Gasteiger partial charge >= 0.3 is 0 Å². The highest BCUT2D eigenvalue weighted by Gasteiger charge is 2.26. The Bertz CT molecular complexity index is 179. The molecule has 0 aliphatic rings. The van der Waals surface area contributed by atoms with Crippen molar-refractivity contribution in [1.82, 2.24) is 10.8 Å². The molecule has 0 saturated heterocycles. The van der Waals surface area contributed by atoms with Crippen molar-refractivity contribution in [1.29, 1.82) is 0 Å². The van der Waals surface area contributed by atoms with E-state index in [0.29, 0.717) is 12.5 Å². The van der Waals surface area contributed by atoms with Crippen molar-refractivity contribution < 1.29 is 9.63 Å². The van der Waals surface area contributed by atoms with Crippen LogP contribution >= 0.6 is 0 Å². The molecule has 0 rings (SSSR count). The van der Waals surface area contributed by atoms with E-state index in [9.17, 15) is 4.79 Å². The van der Waals surface area contributed by atoms with Crippen molar-refractivity contribution >= 4 is 5.91 Å². The molecule has 0 aromatic carbocycles. The molecule has 4 nitrogen and oxygen atoms in total. The third kappa shape index (κ3) is 5.19. The first-order valence-electron chi connectivity index (χ1n) is 5.07. The normalized spacial score (nSPS) is 11.9. The van der Waals surface area contributed by atoms with Crippen LogP contribution in [0.3, 0.4) is 0 Å². The highest BCUT2D eigenvalue weighted by atomic mass is 16.7. The molecule has 0 fully saturated rings. The van der Waals surface area contributed by atoms with Crippen LogP contribution in [0.5, 0.6) is 0 Å². The van der Waals surface area contributed by atoms with Gasteiger partial charge in [-0.05, 0) is 26.3 Å². The standard InChI is InChI=1S/C10H22N2O2/c1-6-11-10(4,5)9(13)12-14-7-8(2)3/h8,11H,6-7H2,1-5H3,(H,12,13). The van der Waals surface area contributed by atoms with E-state index in [0.717, 1.165) is 6.54 Å². The summed E-state index contributed by atoms with van der Waals surface area (Å²) in [6, 6.07) is 0. The summed E-state index contributed by atoms with van der Waals surface area (Å²) in [6.07, 6.45) is 0. The Morgan fingerprint density at radius 3 is 2.43 bits per heavy atom. The van der Waals surface area contributed by atoms with E-state index >= 15 is 0 Å². The van der Waals surface area contributed by atoms with E-state index in [1.165, 1.54) is 0 Å². The van der Waals surface area contributed by atoms with E-state index in [-0.39, 0.29) is 5.91 Å². The zero-order valence-corrected chi connectivity index (χ0v) is 9.81. The number of likely N-dealkylation sites (N-methyl/N-ethyl adjacent to an activating group) is 1. The van der Waals surface area contributed by atoms with Gasteiger partial charge in [0.2, 0.25) is 0 Å². The highest BCUT2D eigenvalue weighted by molar-refractivity contribution is 5.84. The Morgan fingerprint density at radius 2 is 2.00 bits per heavy atom. The number of hydrogen-bond acceptors (Lipinski definition) is 3. The first kappa shape index (κ1) is 13.4. The van der Waals surface area contributed by atoms with Crippen LogP contribution in [0.15, 0.2) is 0 Å². The number of hydrogen-bond donors (Lipinski definition) is 2. The maximum Gasteiger partial charge on any atom is 0.263 e. The predicted octanol–water partition coefficient (Wildman–Crippen LogP) is 1.08. The fourth-order valence-electron chi connectivity index (χ4n) is 0.924. The fourth-order valence-corrected chi connectivity index (χ4v) is 0.924. The molecule has 14 heavy (non-hydrogen) atoms. The molecule has 84 valence electrons. The SMILES string of the molecule is CCNC(C)(C)C(=O)NOCC(C)C. The molecule has 0 aliphatic carbocycles. The molecule has 1 amide bonds. The summed E-state index contributed by atoms with van der Waals surface area (Å²) in [6.45, 7) is 11.0. The maximum absolute atomic E-state index is 11.5. The van der Waals surface area contributed by atoms with Gasteiger partial charge < -0.3 is 5.32 Å². The molecular weight excluding hydrogens is 180 g/mol. The average molecular weight is 202 g/mol. The van der Waals surface area contributed by atoms with E-state index in [4.69, 9.17) is 4.84 Å². The minimum Gasteiger partial charge on any atom is -0.304 e. The molecular formula is C10H22N2O2. The molecule has 0 unspecified atom stereocenters. The Balaban J connectivity index is 3.83. The number of nitrogens with one attached hydrogen (secondary N) is 2. The summed E-state index contributed by atoms with van der Waals surface area (Å²) >= 11 is 0. The lowest BCUT2D eigenvalue weighted by atomic mass is 10.1. The summed E-state index contributed by atoms with van der Waals surface area (Å²) in [4.78, 5) is 16.6. The first-order valence-corrected chi connectivity index (χ1v) is 5.07. The van der Waals surface area contributed by atoms with Crippen molar-refractivity contribution in [2.75, 3.05) is 13.2 Å². The first-order chi connectivity index (χ1) is 6.40. The number of carbonyl (C=O) groups excluding carboxylic acids is 1. The van der Waals surface area contributed by atoms with Gasteiger partial charge in [-0.1, -0.05) is 20.8 Å². The van der Waals surface area contributed by atoms with Crippen molar-refractivity contribution in [2.24, 2.45) is 5.92 Å². The highest BCUT2D eigenvalue weighted by Crippen LogP contribution is 2.01. The zero-order valence-electron chi connectivity index (χ0n) is 9.81. The maximum atomic E-state index is 11.5. The van der Waals surface area contributed by atoms with Crippen LogP contribution in [0.4, 0.5) is 0 Å². The fraction of sp³-hybridized carbons (Fsp3) is 0.900. The van der Waals surface area contributed by atoms with Crippen molar-refractivity contribution in [3.05, 3.63) is 0 Å². The third-order valence-electron chi connectivity index (χ3n) is 1.77. The quantitative estimate of drug-likeness (QED) is 0.634. The Labute approximate surface area is 86.4 Å². The number of amides is 1. The van der Waals surface area contributed by atoms with Crippen LogP contribution < -0.4 is 10.8 Å². The van der Waals surface area contributed by atoms with Crippen LogP contribution in [0, 0.1) is 5.92 Å². The summed E-state index contributed by atoms with van der Waals surface area (Å²) in [5.41, 5.74) is 1.86. The van der Waals surface area contributed by atoms with Gasteiger partial charge in [-0.15, -0.1) is 0 Å². The van der Waals surface area contributed by atoms with Crippen molar-refractivity contribution in [3.8, 4) is 0 Å². The molecule has 2 N–H and O–H groups in total. The molecule has 0 aliphatic heterocycles. The Hall–Kier alpha value is -0.610. The molecule has 0 aromatic rings. The van der Waals surface area contributed by atoms with Crippen molar-refractivity contribution in [2.45, 2.75) is 40.2 Å². The van der Waals surface area contributed by atoms with Gasteiger partial charge in [0.05, 0.1) is 12.1 Å². The van der Waals surface area contributed by atoms with Crippen LogP contribution in [-0.4, -0.2) is 24.6 Å². The smallest absolute Gasteiger partial charge is 0.263 e. The van der Waals surface area contributed by atoms with Gasteiger partial charge in [0.1, 0.15) is 0 Å². The van der Waals surface area contributed by atoms with Gasteiger partial charge in [0, 0.05) is 0 Å². The Kier molecular flexibility index (Phi) is 5.72. The Morgan fingerprint density at radius 1 is 1.43 bits per heavy atom. The second-order valence-corrected chi connectivity index (χ2v) is 4.29. The second-order valence-electron chi connectivity index (χ2n) is 4.29. The van der Waals surface area contributed by atoms with Gasteiger partial charge in [-0.25, -0.2) is 5.48 Å². The second kappa shape index (κ2) is 5.98. The lowest BCUT2D eigenvalue weighted by molar-refractivity contribution is -0.140. The lowest BCUT2D eigenvalue weighted by Crippen LogP contribution is -2.52. The largest absolute Gasteiger partial charge is 0.304 e. The van der Waals surface area contributed by atoms with E-state index < -0.39 is 5.54 Å². The van der Waals surface area contributed by atoms with Crippen molar-refractivity contribution in [3.63, 3.8) is 0 Å². The predicted molar refractivity (Wildman–Crippen MR) is 56.7 cm³/mol. The number of rotatable bonds is 6. The molecule has 0 heterocycles. The minimum absolute atomic E-state index is 0.139. The molecule has 0 bridgehead atoms. The van der Waals surface area contributed by atoms with Crippen LogP contribution in [0.1, 0.15) is 34.6 Å². The zero-order chi connectivity index (χ0) is 11.2. The molecule has 0 aromatic heterocycles. The van der Waals surface area contributed by atoms with Gasteiger partial charge in [-0.3, -0.25) is 9.63 Å². The van der Waals surface area contributed by atoms with Crippen LogP contribution in [0.25, 0.3) is 0 Å². The molecule has 0 atom stereocenters. The topological polar surface area (TPSA) is 50.4 Å². The molecule has 0 spiro atoms. The van der Waals surface area contributed by atoms with Crippen LogP contribution in [0.2, 0.25) is 0 Å². The number of carbonyl (C=O) groups is 1. The van der Waals surface area contributed by atoms with Gasteiger partial charge in [0.25, 0.3) is 5.91 Å². The van der Waals surface area contributed by atoms with E-state index in [1.54, 1.807) is 0 Å². The summed E-state index contributed by atoms with van der Waals surface area (Å²) in [5.74, 6) is 0.276.